The molecule has 0 spiro atoms. The molecule has 3 rings (SSSR count). The molecule has 1 aromatic heterocycles. The smallest absolute Gasteiger partial charge is 0.255 e. The number of piperidine rings is 1. The van der Waals surface area contributed by atoms with Crippen LogP contribution >= 0.6 is 0 Å². The third-order valence-corrected chi connectivity index (χ3v) is 7.30. The molecule has 1 saturated heterocycles. The molecule has 1 amide bonds. The maximum Gasteiger partial charge on any atom is 0.255 e. The topological polar surface area (TPSA) is 82.6 Å². The van der Waals surface area contributed by atoms with Crippen molar-refractivity contribution in [2.75, 3.05) is 36.4 Å². The summed E-state index contributed by atoms with van der Waals surface area (Å²) in [6.07, 6.45) is 6.59. The van der Waals surface area contributed by atoms with E-state index in [1.807, 2.05) is 12.1 Å². The third kappa shape index (κ3) is 5.83. The van der Waals surface area contributed by atoms with E-state index in [-0.39, 0.29) is 10.8 Å². The van der Waals surface area contributed by atoms with Crippen LogP contribution in [0, 0.1) is 0 Å². The molecule has 0 radical (unpaired) electrons. The summed E-state index contributed by atoms with van der Waals surface area (Å²) in [6.45, 7) is 7.28. The van der Waals surface area contributed by atoms with Crippen molar-refractivity contribution in [3.8, 4) is 0 Å². The van der Waals surface area contributed by atoms with E-state index in [9.17, 15) is 13.2 Å². The lowest BCUT2D eigenvalue weighted by Gasteiger charge is -2.25. The minimum Gasteiger partial charge on any atom is -0.357 e. The van der Waals surface area contributed by atoms with Gasteiger partial charge in [-0.05, 0) is 62.1 Å². The van der Waals surface area contributed by atoms with Crippen LogP contribution in [0.3, 0.4) is 0 Å². The zero-order valence-corrected chi connectivity index (χ0v) is 19.2. The van der Waals surface area contributed by atoms with Crippen molar-refractivity contribution in [1.29, 1.82) is 0 Å². The molecule has 0 saturated carbocycles. The number of nitrogens with one attached hydrogen (secondary N) is 1. The van der Waals surface area contributed by atoms with Gasteiger partial charge in [-0.3, -0.25) is 4.79 Å². The van der Waals surface area contributed by atoms with Crippen LogP contribution in [-0.2, 0) is 10.0 Å². The predicted octanol–water partition coefficient (Wildman–Crippen LogP) is 4.13. The van der Waals surface area contributed by atoms with Crippen LogP contribution in [0.1, 0.15) is 56.3 Å². The lowest BCUT2D eigenvalue weighted by Crippen LogP contribution is -2.35. The molecule has 8 heteroatoms. The van der Waals surface area contributed by atoms with Gasteiger partial charge in [0.25, 0.3) is 5.91 Å². The summed E-state index contributed by atoms with van der Waals surface area (Å²) < 4.78 is 27.0. The zero-order valence-electron chi connectivity index (χ0n) is 18.4. The van der Waals surface area contributed by atoms with Gasteiger partial charge in [-0.25, -0.2) is 13.4 Å². The van der Waals surface area contributed by atoms with Gasteiger partial charge in [0, 0.05) is 31.7 Å². The number of pyridine rings is 1. The van der Waals surface area contributed by atoms with Crippen molar-refractivity contribution < 1.29 is 13.2 Å². The molecule has 1 aromatic carbocycles. The first-order valence-electron chi connectivity index (χ1n) is 11.1. The Balaban J connectivity index is 1.65. The van der Waals surface area contributed by atoms with Gasteiger partial charge in [0.05, 0.1) is 16.8 Å². The number of anilines is 2. The summed E-state index contributed by atoms with van der Waals surface area (Å²) in [5, 5.41) is 2.83. The van der Waals surface area contributed by atoms with E-state index in [0.29, 0.717) is 24.3 Å². The van der Waals surface area contributed by atoms with E-state index >= 15 is 0 Å². The first-order valence-corrected chi connectivity index (χ1v) is 12.5. The Morgan fingerprint density at radius 2 is 1.65 bits per heavy atom. The van der Waals surface area contributed by atoms with Crippen molar-refractivity contribution in [2.24, 2.45) is 0 Å². The molecule has 168 valence electrons. The van der Waals surface area contributed by atoms with E-state index in [1.54, 1.807) is 18.3 Å². The highest BCUT2D eigenvalue weighted by Crippen LogP contribution is 2.21. The predicted molar refractivity (Wildman–Crippen MR) is 124 cm³/mol. The molecule has 1 aliphatic heterocycles. The summed E-state index contributed by atoms with van der Waals surface area (Å²) in [5.41, 5.74) is 1.01. The Kier molecular flexibility index (Phi) is 8.03. The average Bonchev–Trinajstić information content (AvgIpc) is 2.80. The van der Waals surface area contributed by atoms with Crippen LogP contribution in [0.4, 0.5) is 11.5 Å². The van der Waals surface area contributed by atoms with Gasteiger partial charge in [-0.1, -0.05) is 20.3 Å². The van der Waals surface area contributed by atoms with Crippen molar-refractivity contribution in [3.63, 3.8) is 0 Å². The number of aromatic nitrogens is 1. The lowest BCUT2D eigenvalue weighted by molar-refractivity contribution is 0.102. The lowest BCUT2D eigenvalue weighted by atomic mass is 10.2. The second-order valence-electron chi connectivity index (χ2n) is 7.84. The second kappa shape index (κ2) is 10.7. The largest absolute Gasteiger partial charge is 0.357 e. The second-order valence-corrected chi connectivity index (χ2v) is 9.77. The Labute approximate surface area is 185 Å². The van der Waals surface area contributed by atoms with Crippen LogP contribution < -0.4 is 10.2 Å². The molecular weight excluding hydrogens is 412 g/mol. The average molecular weight is 445 g/mol. The van der Waals surface area contributed by atoms with Crippen LogP contribution in [-0.4, -0.2) is 49.8 Å². The summed E-state index contributed by atoms with van der Waals surface area (Å²) in [6, 6.07) is 9.88. The van der Waals surface area contributed by atoms with Gasteiger partial charge in [0.15, 0.2) is 0 Å². The van der Waals surface area contributed by atoms with Gasteiger partial charge in [-0.2, -0.15) is 4.31 Å². The molecule has 0 aliphatic carbocycles. The van der Waals surface area contributed by atoms with Gasteiger partial charge in [0.2, 0.25) is 10.0 Å². The zero-order chi connectivity index (χ0) is 22.3. The molecule has 1 N–H and O–H groups in total. The molecular formula is C23H32N4O3S. The first-order chi connectivity index (χ1) is 15.0. The Morgan fingerprint density at radius 3 is 2.19 bits per heavy atom. The van der Waals surface area contributed by atoms with Gasteiger partial charge in [0.1, 0.15) is 5.82 Å². The molecule has 2 heterocycles. The molecule has 31 heavy (non-hydrogen) atoms. The summed E-state index contributed by atoms with van der Waals surface area (Å²) in [4.78, 5) is 19.5. The van der Waals surface area contributed by atoms with Gasteiger partial charge in [-0.15, -0.1) is 0 Å². The van der Waals surface area contributed by atoms with Gasteiger partial charge < -0.3 is 10.2 Å². The number of amides is 1. The minimum atomic E-state index is -3.50. The Morgan fingerprint density at radius 1 is 1.00 bits per heavy atom. The van der Waals surface area contributed by atoms with E-state index < -0.39 is 10.0 Å². The molecule has 7 nitrogen and oxygen atoms in total. The molecule has 2 aromatic rings. The minimum absolute atomic E-state index is 0.226. The fraction of sp³-hybridized carbons (Fsp3) is 0.478. The number of carbonyl (C=O) groups is 1. The number of sulfonamides is 1. The van der Waals surface area contributed by atoms with Crippen molar-refractivity contribution >= 4 is 27.4 Å². The maximum atomic E-state index is 12.8. The highest BCUT2D eigenvalue weighted by molar-refractivity contribution is 7.89. The third-order valence-electron chi connectivity index (χ3n) is 5.39. The molecule has 0 bridgehead atoms. The highest BCUT2D eigenvalue weighted by Gasteiger charge is 2.25. The van der Waals surface area contributed by atoms with Crippen molar-refractivity contribution in [2.45, 2.75) is 50.8 Å². The van der Waals surface area contributed by atoms with Gasteiger partial charge >= 0.3 is 0 Å². The van der Waals surface area contributed by atoms with Crippen LogP contribution in [0.5, 0.6) is 0 Å². The number of carbonyl (C=O) groups excluding carboxylic acids is 1. The quantitative estimate of drug-likeness (QED) is 0.629. The van der Waals surface area contributed by atoms with E-state index in [1.165, 1.54) is 16.4 Å². The standard InChI is InChI=1S/C23H32N4O3S/c1-3-14-26(15-4-2)22-13-10-20(18-24-22)25-23(28)19-8-11-21(12-9-19)31(29,30)27-16-6-5-7-17-27/h8-13,18H,3-7,14-17H2,1-2H3,(H,25,28). The highest BCUT2D eigenvalue weighted by atomic mass is 32.2. The molecule has 0 atom stereocenters. The van der Waals surface area contributed by atoms with Crippen molar-refractivity contribution in [1.82, 2.24) is 9.29 Å². The fourth-order valence-electron chi connectivity index (χ4n) is 3.76. The van der Waals surface area contributed by atoms with E-state index in [4.69, 9.17) is 0 Å². The summed E-state index contributed by atoms with van der Waals surface area (Å²) in [7, 11) is -3.50. The summed E-state index contributed by atoms with van der Waals surface area (Å²) >= 11 is 0. The summed E-state index contributed by atoms with van der Waals surface area (Å²) in [5.74, 6) is 0.601. The number of hydrogen-bond acceptors (Lipinski definition) is 5. The number of benzene rings is 1. The Hall–Kier alpha value is -2.45. The normalized spacial score (nSPS) is 14.9. The number of nitrogens with zero attached hydrogens (tertiary/aromatic N) is 3. The Bertz CT molecular complexity index is 947. The van der Waals surface area contributed by atoms with Crippen LogP contribution in [0.25, 0.3) is 0 Å². The van der Waals surface area contributed by atoms with Crippen LogP contribution in [0.15, 0.2) is 47.5 Å². The van der Waals surface area contributed by atoms with Crippen LogP contribution in [0.2, 0.25) is 0 Å². The fourth-order valence-corrected chi connectivity index (χ4v) is 5.28. The molecule has 1 aliphatic rings. The maximum absolute atomic E-state index is 12.8. The van der Waals surface area contributed by atoms with E-state index in [2.05, 4.69) is 29.0 Å². The van der Waals surface area contributed by atoms with Crippen molar-refractivity contribution in [3.05, 3.63) is 48.2 Å². The SMILES string of the molecule is CCCN(CCC)c1ccc(NC(=O)c2ccc(S(=O)(=O)N3CCCCC3)cc2)cn1. The molecule has 0 unspecified atom stereocenters. The first kappa shape index (κ1) is 23.2. The monoisotopic (exact) mass is 444 g/mol. The molecule has 1 fully saturated rings. The number of rotatable bonds is 9. The van der Waals surface area contributed by atoms with E-state index in [0.717, 1.165) is 51.0 Å². The number of hydrogen-bond donors (Lipinski definition) is 1.